The number of aromatic nitrogens is 2. The van der Waals surface area contributed by atoms with E-state index in [1.807, 2.05) is 24.3 Å². The second-order valence-corrected chi connectivity index (χ2v) is 4.45. The number of nitrogens with zero attached hydrogens (tertiary/aromatic N) is 2. The smallest absolute Gasteiger partial charge is 0.0916 e. The van der Waals surface area contributed by atoms with Crippen molar-refractivity contribution in [3.05, 3.63) is 36.4 Å². The van der Waals surface area contributed by atoms with Gasteiger partial charge in [0.15, 0.2) is 0 Å². The quantitative estimate of drug-likeness (QED) is 0.589. The third-order valence-corrected chi connectivity index (χ3v) is 3.23. The van der Waals surface area contributed by atoms with Crippen molar-refractivity contribution >= 4 is 33.4 Å². The molecule has 2 heterocycles. The molecule has 4 nitrogen and oxygen atoms in total. The highest BCUT2D eigenvalue weighted by atomic mass is 15.0. The largest absolute Gasteiger partial charge is 0.382 e. The van der Waals surface area contributed by atoms with E-state index in [0.717, 1.165) is 46.5 Å². The standard InChI is InChI=1S/C14H12N4/c1-2-4-10-9(3-1)17-13-7-11-12(8-14(13)18-10)16-6-5-15-11/h1-4,7-8,15-16H,5-6H2. The molecule has 4 heteroatoms. The number of nitrogens with one attached hydrogen (secondary N) is 2. The minimum absolute atomic E-state index is 0.934. The molecular formula is C14H12N4. The average Bonchev–Trinajstić information content (AvgIpc) is 2.42. The summed E-state index contributed by atoms with van der Waals surface area (Å²) in [5, 5.41) is 6.75. The molecule has 0 aliphatic carbocycles. The fraction of sp³-hybridized carbons (Fsp3) is 0.143. The zero-order valence-corrected chi connectivity index (χ0v) is 9.77. The first-order valence-electron chi connectivity index (χ1n) is 6.08. The minimum Gasteiger partial charge on any atom is -0.382 e. The summed E-state index contributed by atoms with van der Waals surface area (Å²) in [6.07, 6.45) is 0. The number of hydrogen-bond donors (Lipinski definition) is 2. The van der Waals surface area contributed by atoms with Gasteiger partial charge in [-0.3, -0.25) is 0 Å². The lowest BCUT2D eigenvalue weighted by Gasteiger charge is -2.20. The van der Waals surface area contributed by atoms with Crippen LogP contribution in [0.4, 0.5) is 11.4 Å². The van der Waals surface area contributed by atoms with Gasteiger partial charge < -0.3 is 10.6 Å². The highest BCUT2D eigenvalue weighted by Crippen LogP contribution is 2.29. The lowest BCUT2D eigenvalue weighted by Crippen LogP contribution is -2.20. The van der Waals surface area contributed by atoms with Crippen LogP contribution < -0.4 is 10.6 Å². The second-order valence-electron chi connectivity index (χ2n) is 4.45. The van der Waals surface area contributed by atoms with Crippen LogP contribution >= 0.6 is 0 Å². The second kappa shape index (κ2) is 3.57. The molecule has 3 aromatic rings. The Morgan fingerprint density at radius 1 is 0.722 bits per heavy atom. The van der Waals surface area contributed by atoms with Crippen LogP contribution in [0.15, 0.2) is 36.4 Å². The van der Waals surface area contributed by atoms with Crippen LogP contribution in [0.1, 0.15) is 0 Å². The number of rotatable bonds is 0. The van der Waals surface area contributed by atoms with E-state index < -0.39 is 0 Å². The molecule has 0 fully saturated rings. The third kappa shape index (κ3) is 1.39. The molecule has 1 aliphatic rings. The summed E-state index contributed by atoms with van der Waals surface area (Å²) in [5.74, 6) is 0. The van der Waals surface area contributed by atoms with Crippen molar-refractivity contribution in [3.63, 3.8) is 0 Å². The number of benzene rings is 2. The first kappa shape index (κ1) is 9.65. The average molecular weight is 236 g/mol. The van der Waals surface area contributed by atoms with E-state index >= 15 is 0 Å². The molecule has 0 saturated carbocycles. The molecule has 0 unspecified atom stereocenters. The summed E-state index contributed by atoms with van der Waals surface area (Å²) >= 11 is 0. The first-order valence-corrected chi connectivity index (χ1v) is 6.08. The van der Waals surface area contributed by atoms with Gasteiger partial charge in [-0.2, -0.15) is 0 Å². The van der Waals surface area contributed by atoms with E-state index in [0.29, 0.717) is 0 Å². The van der Waals surface area contributed by atoms with Crippen LogP contribution in [0, 0.1) is 0 Å². The Bertz CT molecular complexity index is 687. The fourth-order valence-corrected chi connectivity index (χ4v) is 2.36. The SMILES string of the molecule is c1ccc2nc3cc4c(cc3nc2c1)NCCN4. The van der Waals surface area contributed by atoms with Gasteiger partial charge in [-0.05, 0) is 24.3 Å². The predicted octanol–water partition coefficient (Wildman–Crippen LogP) is 2.62. The molecular weight excluding hydrogens is 224 g/mol. The number of anilines is 2. The van der Waals surface area contributed by atoms with Crippen molar-refractivity contribution in [2.75, 3.05) is 23.7 Å². The number of para-hydroxylation sites is 2. The fourth-order valence-electron chi connectivity index (χ4n) is 2.36. The van der Waals surface area contributed by atoms with Crippen LogP contribution in [0.25, 0.3) is 22.1 Å². The molecule has 4 rings (SSSR count). The van der Waals surface area contributed by atoms with E-state index in [1.165, 1.54) is 0 Å². The van der Waals surface area contributed by atoms with Gasteiger partial charge in [0.2, 0.25) is 0 Å². The lowest BCUT2D eigenvalue weighted by atomic mass is 10.2. The highest BCUT2D eigenvalue weighted by molar-refractivity contribution is 5.92. The van der Waals surface area contributed by atoms with Crippen molar-refractivity contribution in [1.29, 1.82) is 0 Å². The molecule has 0 bridgehead atoms. The molecule has 2 N–H and O–H groups in total. The Hall–Kier alpha value is -2.36. The summed E-state index contributed by atoms with van der Waals surface area (Å²) in [6.45, 7) is 1.89. The van der Waals surface area contributed by atoms with Gasteiger partial charge in [-0.15, -0.1) is 0 Å². The Morgan fingerprint density at radius 3 is 1.72 bits per heavy atom. The molecule has 0 atom stereocenters. The van der Waals surface area contributed by atoms with E-state index in [-0.39, 0.29) is 0 Å². The summed E-state index contributed by atoms with van der Waals surface area (Å²) in [5.41, 5.74) is 5.96. The zero-order valence-electron chi connectivity index (χ0n) is 9.77. The molecule has 0 amide bonds. The molecule has 18 heavy (non-hydrogen) atoms. The predicted molar refractivity (Wildman–Crippen MR) is 74.0 cm³/mol. The van der Waals surface area contributed by atoms with Crippen molar-refractivity contribution < 1.29 is 0 Å². The van der Waals surface area contributed by atoms with Crippen LogP contribution in [0.5, 0.6) is 0 Å². The topological polar surface area (TPSA) is 49.8 Å². The van der Waals surface area contributed by atoms with Crippen LogP contribution in [-0.2, 0) is 0 Å². The minimum atomic E-state index is 0.934. The van der Waals surface area contributed by atoms with Crippen LogP contribution in [-0.4, -0.2) is 23.1 Å². The van der Waals surface area contributed by atoms with Gasteiger partial charge >= 0.3 is 0 Å². The Morgan fingerprint density at radius 2 is 1.22 bits per heavy atom. The van der Waals surface area contributed by atoms with Gasteiger partial charge in [-0.1, -0.05) is 12.1 Å². The van der Waals surface area contributed by atoms with Crippen LogP contribution in [0.3, 0.4) is 0 Å². The van der Waals surface area contributed by atoms with E-state index in [4.69, 9.17) is 0 Å². The van der Waals surface area contributed by atoms with Crippen molar-refractivity contribution in [1.82, 2.24) is 9.97 Å². The van der Waals surface area contributed by atoms with Gasteiger partial charge in [0, 0.05) is 13.1 Å². The summed E-state index contributed by atoms with van der Waals surface area (Å²) in [4.78, 5) is 9.31. The Kier molecular flexibility index (Phi) is 1.91. The van der Waals surface area contributed by atoms with Gasteiger partial charge in [0.05, 0.1) is 33.4 Å². The maximum Gasteiger partial charge on any atom is 0.0916 e. The monoisotopic (exact) mass is 236 g/mol. The lowest BCUT2D eigenvalue weighted by molar-refractivity contribution is 1.05. The maximum absolute atomic E-state index is 4.66. The summed E-state index contributed by atoms with van der Waals surface area (Å²) in [7, 11) is 0. The summed E-state index contributed by atoms with van der Waals surface area (Å²) < 4.78 is 0. The highest BCUT2D eigenvalue weighted by Gasteiger charge is 2.10. The normalized spacial score (nSPS) is 14.0. The Balaban J connectivity index is 2.05. The van der Waals surface area contributed by atoms with Crippen LogP contribution in [0.2, 0.25) is 0 Å². The van der Waals surface area contributed by atoms with Gasteiger partial charge in [-0.25, -0.2) is 9.97 Å². The molecule has 0 saturated heterocycles. The molecule has 1 aliphatic heterocycles. The van der Waals surface area contributed by atoms with Crippen molar-refractivity contribution in [2.45, 2.75) is 0 Å². The third-order valence-electron chi connectivity index (χ3n) is 3.23. The maximum atomic E-state index is 4.66. The molecule has 0 spiro atoms. The summed E-state index contributed by atoms with van der Waals surface area (Å²) in [6, 6.07) is 12.1. The zero-order chi connectivity index (χ0) is 11.9. The molecule has 0 radical (unpaired) electrons. The van der Waals surface area contributed by atoms with E-state index in [1.54, 1.807) is 0 Å². The first-order chi connectivity index (χ1) is 8.90. The van der Waals surface area contributed by atoms with Crippen molar-refractivity contribution in [2.24, 2.45) is 0 Å². The molecule has 2 aromatic carbocycles. The number of hydrogen-bond acceptors (Lipinski definition) is 4. The van der Waals surface area contributed by atoms with E-state index in [9.17, 15) is 0 Å². The van der Waals surface area contributed by atoms with Gasteiger partial charge in [0.1, 0.15) is 0 Å². The molecule has 88 valence electrons. The van der Waals surface area contributed by atoms with Gasteiger partial charge in [0.25, 0.3) is 0 Å². The van der Waals surface area contributed by atoms with Crippen molar-refractivity contribution in [3.8, 4) is 0 Å². The Labute approximate surface area is 104 Å². The van der Waals surface area contributed by atoms with E-state index in [2.05, 4.69) is 32.7 Å². The number of fused-ring (bicyclic) bond motifs is 3. The molecule has 1 aromatic heterocycles.